The van der Waals surface area contributed by atoms with E-state index >= 15 is 0 Å². The maximum Gasteiger partial charge on any atom is 0.302 e. The van der Waals surface area contributed by atoms with Crippen molar-refractivity contribution in [1.82, 2.24) is 0 Å². The molecule has 112 valence electrons. The molecule has 0 aromatic carbocycles. The summed E-state index contributed by atoms with van der Waals surface area (Å²) in [5.41, 5.74) is 0. The van der Waals surface area contributed by atoms with E-state index in [1.165, 1.54) is 33.1 Å². The number of carbonyl (C=O) groups excluding carboxylic acids is 2. The molecule has 3 fully saturated rings. The van der Waals surface area contributed by atoms with E-state index in [0.29, 0.717) is 31.0 Å². The molecule has 3 saturated carbocycles. The van der Waals surface area contributed by atoms with Crippen LogP contribution in [-0.4, -0.2) is 25.2 Å². The van der Waals surface area contributed by atoms with E-state index in [1.54, 1.807) is 0 Å². The van der Waals surface area contributed by atoms with Crippen LogP contribution < -0.4 is 0 Å². The Morgan fingerprint density at radius 3 is 2.30 bits per heavy atom. The van der Waals surface area contributed by atoms with Gasteiger partial charge in [0.05, 0.1) is 13.2 Å². The van der Waals surface area contributed by atoms with E-state index in [1.807, 2.05) is 0 Å². The smallest absolute Gasteiger partial charge is 0.302 e. The molecule has 20 heavy (non-hydrogen) atoms. The van der Waals surface area contributed by atoms with Gasteiger partial charge in [-0.2, -0.15) is 0 Å². The minimum absolute atomic E-state index is 0.206. The molecule has 0 aliphatic heterocycles. The normalized spacial score (nSPS) is 41.5. The minimum Gasteiger partial charge on any atom is -0.466 e. The second-order valence-electron chi connectivity index (χ2n) is 6.84. The topological polar surface area (TPSA) is 52.6 Å². The first-order valence-electron chi connectivity index (χ1n) is 7.83. The number of hydrogen-bond donors (Lipinski definition) is 0. The molecule has 3 aliphatic rings. The zero-order valence-corrected chi connectivity index (χ0v) is 12.3. The Bertz CT molecular complexity index is 405. The molecule has 0 aromatic heterocycles. The quantitative estimate of drug-likeness (QED) is 0.742. The molecule has 4 heteroatoms. The van der Waals surface area contributed by atoms with Gasteiger partial charge in [0, 0.05) is 19.8 Å². The number of ether oxygens (including phenoxy) is 2. The van der Waals surface area contributed by atoms with E-state index < -0.39 is 0 Å². The number of hydrogen-bond acceptors (Lipinski definition) is 4. The van der Waals surface area contributed by atoms with Crippen LogP contribution in [0.2, 0.25) is 0 Å². The molecule has 4 nitrogen and oxygen atoms in total. The van der Waals surface area contributed by atoms with Gasteiger partial charge in [-0.1, -0.05) is 0 Å². The van der Waals surface area contributed by atoms with Crippen LogP contribution in [0.3, 0.4) is 0 Å². The highest BCUT2D eigenvalue weighted by molar-refractivity contribution is 5.66. The van der Waals surface area contributed by atoms with Gasteiger partial charge in [0.2, 0.25) is 0 Å². The summed E-state index contributed by atoms with van der Waals surface area (Å²) < 4.78 is 10.5. The predicted octanol–water partition coefficient (Wildman–Crippen LogP) is 2.41. The number of fused-ring (bicyclic) bond motifs is 5. The molecular weight excluding hydrogens is 256 g/mol. The lowest BCUT2D eigenvalue weighted by atomic mass is 9.77. The molecule has 6 atom stereocenters. The Morgan fingerprint density at radius 2 is 1.60 bits per heavy atom. The van der Waals surface area contributed by atoms with Crippen LogP contribution >= 0.6 is 0 Å². The van der Waals surface area contributed by atoms with Gasteiger partial charge in [-0.25, -0.2) is 0 Å². The third kappa shape index (κ3) is 2.45. The second-order valence-corrected chi connectivity index (χ2v) is 6.84. The van der Waals surface area contributed by atoms with Crippen LogP contribution in [0.15, 0.2) is 0 Å². The highest BCUT2D eigenvalue weighted by atomic mass is 16.5. The van der Waals surface area contributed by atoms with E-state index in [9.17, 15) is 9.59 Å². The van der Waals surface area contributed by atoms with E-state index in [0.717, 1.165) is 24.2 Å². The van der Waals surface area contributed by atoms with Crippen molar-refractivity contribution in [3.8, 4) is 0 Å². The molecular formula is C16H24O4. The molecule has 2 bridgehead atoms. The Hall–Kier alpha value is -1.06. The lowest BCUT2D eigenvalue weighted by molar-refractivity contribution is -0.147. The molecule has 0 radical (unpaired) electrons. The van der Waals surface area contributed by atoms with Gasteiger partial charge in [0.1, 0.15) is 0 Å². The second kappa shape index (κ2) is 5.38. The van der Waals surface area contributed by atoms with Crippen LogP contribution in [0.25, 0.3) is 0 Å². The number of carbonyl (C=O) groups is 2. The summed E-state index contributed by atoms with van der Waals surface area (Å²) >= 11 is 0. The highest BCUT2D eigenvalue weighted by Crippen LogP contribution is 2.62. The molecule has 0 N–H and O–H groups in total. The highest BCUT2D eigenvalue weighted by Gasteiger charge is 2.56. The average molecular weight is 280 g/mol. The van der Waals surface area contributed by atoms with Crippen molar-refractivity contribution in [3.05, 3.63) is 0 Å². The molecule has 0 heterocycles. The van der Waals surface area contributed by atoms with E-state index in [-0.39, 0.29) is 11.9 Å². The van der Waals surface area contributed by atoms with E-state index in [2.05, 4.69) is 0 Å². The fourth-order valence-corrected chi connectivity index (χ4v) is 5.19. The molecule has 0 aromatic rings. The molecule has 3 aliphatic carbocycles. The first-order valence-corrected chi connectivity index (χ1v) is 7.83. The molecule has 0 spiro atoms. The van der Waals surface area contributed by atoms with Gasteiger partial charge in [0.15, 0.2) is 0 Å². The van der Waals surface area contributed by atoms with E-state index in [4.69, 9.17) is 9.47 Å². The lowest BCUT2D eigenvalue weighted by Gasteiger charge is -2.29. The molecule has 6 unspecified atom stereocenters. The van der Waals surface area contributed by atoms with Crippen LogP contribution in [0.1, 0.15) is 39.5 Å². The van der Waals surface area contributed by atoms with Crippen molar-refractivity contribution in [2.75, 3.05) is 13.2 Å². The molecule has 3 rings (SSSR count). The van der Waals surface area contributed by atoms with Crippen molar-refractivity contribution in [3.63, 3.8) is 0 Å². The predicted molar refractivity (Wildman–Crippen MR) is 72.7 cm³/mol. The largest absolute Gasteiger partial charge is 0.466 e. The fourth-order valence-electron chi connectivity index (χ4n) is 5.19. The number of esters is 2. The average Bonchev–Trinajstić information content (AvgIpc) is 3.05. The van der Waals surface area contributed by atoms with Crippen LogP contribution in [0, 0.1) is 35.5 Å². The summed E-state index contributed by atoms with van der Waals surface area (Å²) in [4.78, 5) is 22.2. The van der Waals surface area contributed by atoms with Crippen molar-refractivity contribution in [2.24, 2.45) is 35.5 Å². The maximum absolute atomic E-state index is 11.1. The first kappa shape index (κ1) is 13.9. The van der Waals surface area contributed by atoms with Crippen molar-refractivity contribution in [1.29, 1.82) is 0 Å². The standard InChI is InChI=1S/C16H24O4/c1-9(17)19-7-13-6-14-11-3-4-12(5-11)16(14)15(13)8-20-10(2)18/h11-16H,3-8H2,1-2H3. The monoisotopic (exact) mass is 280 g/mol. The summed E-state index contributed by atoms with van der Waals surface area (Å²) in [5.74, 6) is 3.48. The van der Waals surface area contributed by atoms with Gasteiger partial charge in [-0.15, -0.1) is 0 Å². The van der Waals surface area contributed by atoms with Gasteiger partial charge in [-0.05, 0) is 55.3 Å². The van der Waals surface area contributed by atoms with Crippen LogP contribution in [-0.2, 0) is 19.1 Å². The van der Waals surface area contributed by atoms with Crippen molar-refractivity contribution >= 4 is 11.9 Å². The van der Waals surface area contributed by atoms with Crippen molar-refractivity contribution < 1.29 is 19.1 Å². The Morgan fingerprint density at radius 1 is 0.950 bits per heavy atom. The number of rotatable bonds is 4. The minimum atomic E-state index is -0.212. The first-order chi connectivity index (χ1) is 9.56. The Balaban J connectivity index is 1.69. The summed E-state index contributed by atoms with van der Waals surface area (Å²) in [7, 11) is 0. The SMILES string of the molecule is CC(=O)OCC1CC2C3CCC(C3)C2C1COC(C)=O. The molecule has 0 saturated heterocycles. The molecule has 0 amide bonds. The summed E-state index contributed by atoms with van der Waals surface area (Å²) in [6, 6.07) is 0. The lowest BCUT2D eigenvalue weighted by Crippen LogP contribution is -2.29. The maximum atomic E-state index is 11.1. The van der Waals surface area contributed by atoms with Crippen LogP contribution in [0.5, 0.6) is 0 Å². The van der Waals surface area contributed by atoms with Gasteiger partial charge in [0.25, 0.3) is 0 Å². The van der Waals surface area contributed by atoms with Crippen LogP contribution in [0.4, 0.5) is 0 Å². The fraction of sp³-hybridized carbons (Fsp3) is 0.875. The third-order valence-corrected chi connectivity index (χ3v) is 5.81. The Kier molecular flexibility index (Phi) is 3.74. The van der Waals surface area contributed by atoms with Crippen molar-refractivity contribution in [2.45, 2.75) is 39.5 Å². The Labute approximate surface area is 120 Å². The zero-order chi connectivity index (χ0) is 14.3. The zero-order valence-electron chi connectivity index (χ0n) is 12.3. The third-order valence-electron chi connectivity index (χ3n) is 5.81. The van der Waals surface area contributed by atoms with Gasteiger partial charge in [-0.3, -0.25) is 9.59 Å². The van der Waals surface area contributed by atoms with Gasteiger partial charge >= 0.3 is 11.9 Å². The summed E-state index contributed by atoms with van der Waals surface area (Å²) in [6.07, 6.45) is 5.21. The summed E-state index contributed by atoms with van der Waals surface area (Å²) in [6.45, 7) is 3.92. The summed E-state index contributed by atoms with van der Waals surface area (Å²) in [5, 5.41) is 0. The van der Waals surface area contributed by atoms with Gasteiger partial charge < -0.3 is 9.47 Å².